The largest absolute Gasteiger partial charge is 0.421 e. The molecule has 0 saturated carbocycles. The zero-order chi connectivity index (χ0) is 22.4. The second-order valence-electron chi connectivity index (χ2n) is 7.79. The van der Waals surface area contributed by atoms with Gasteiger partial charge in [-0.15, -0.1) is 0 Å². The third-order valence-corrected chi connectivity index (χ3v) is 5.66. The van der Waals surface area contributed by atoms with Crippen LogP contribution in [0.1, 0.15) is 18.7 Å². The lowest BCUT2D eigenvalue weighted by molar-refractivity contribution is 0.437. The van der Waals surface area contributed by atoms with Gasteiger partial charge in [0.1, 0.15) is 17.3 Å². The van der Waals surface area contributed by atoms with E-state index in [2.05, 4.69) is 30.2 Å². The highest BCUT2D eigenvalue weighted by Crippen LogP contribution is 2.39. The Hall–Kier alpha value is -3.60. The molecule has 0 unspecified atom stereocenters. The van der Waals surface area contributed by atoms with E-state index in [4.69, 9.17) is 10.5 Å². The molecular formula is C21H22F2N8O. The number of piperidine rings is 1. The first-order chi connectivity index (χ1) is 15.4. The summed E-state index contributed by atoms with van der Waals surface area (Å²) >= 11 is 0. The van der Waals surface area contributed by atoms with Crippen molar-refractivity contribution >= 4 is 33.4 Å². The van der Waals surface area contributed by atoms with Crippen LogP contribution in [0.3, 0.4) is 0 Å². The van der Waals surface area contributed by atoms with E-state index in [1.165, 1.54) is 12.4 Å². The van der Waals surface area contributed by atoms with Gasteiger partial charge in [-0.2, -0.15) is 9.97 Å². The van der Waals surface area contributed by atoms with Gasteiger partial charge in [0.15, 0.2) is 17.4 Å². The summed E-state index contributed by atoms with van der Waals surface area (Å²) in [6.07, 6.45) is 4.56. The number of fused-ring (bicyclic) bond motifs is 3. The van der Waals surface area contributed by atoms with Crippen molar-refractivity contribution in [2.45, 2.75) is 25.8 Å². The molecule has 4 heterocycles. The number of nitrogens with zero attached hydrogens (tertiary/aromatic N) is 5. The molecule has 4 aromatic rings. The highest BCUT2D eigenvalue weighted by atomic mass is 19.2. The molecule has 0 radical (unpaired) electrons. The SMILES string of the molecule is CNc1cc(F)c(F)c2c1[nH]c1nc(Oc3cnc(C)nc3)nc(N3CCC(N)CC3)c12. The molecule has 1 aliphatic rings. The van der Waals surface area contributed by atoms with E-state index in [0.717, 1.165) is 18.9 Å². The number of hydrogen-bond acceptors (Lipinski definition) is 8. The number of rotatable bonds is 4. The summed E-state index contributed by atoms with van der Waals surface area (Å²) in [5.74, 6) is -0.476. The predicted molar refractivity (Wildman–Crippen MR) is 117 cm³/mol. The van der Waals surface area contributed by atoms with Crippen LogP contribution >= 0.6 is 0 Å². The molecule has 0 amide bonds. The fraction of sp³-hybridized carbons (Fsp3) is 0.333. The molecule has 166 valence electrons. The number of benzene rings is 1. The Morgan fingerprint density at radius 3 is 2.56 bits per heavy atom. The predicted octanol–water partition coefficient (Wildman–Crippen LogP) is 3.25. The van der Waals surface area contributed by atoms with Crippen LogP contribution in [0.2, 0.25) is 0 Å². The minimum absolute atomic E-state index is 0.0493. The summed E-state index contributed by atoms with van der Waals surface area (Å²) < 4.78 is 35.2. The van der Waals surface area contributed by atoms with E-state index in [1.54, 1.807) is 14.0 Å². The molecule has 11 heteroatoms. The number of aromatic amines is 1. The number of aromatic nitrogens is 5. The van der Waals surface area contributed by atoms with Gasteiger partial charge in [-0.3, -0.25) is 0 Å². The molecule has 0 bridgehead atoms. The highest BCUT2D eigenvalue weighted by molar-refractivity contribution is 6.15. The lowest BCUT2D eigenvalue weighted by Crippen LogP contribution is -2.40. The van der Waals surface area contributed by atoms with E-state index in [9.17, 15) is 4.39 Å². The Balaban J connectivity index is 1.73. The van der Waals surface area contributed by atoms with E-state index in [0.29, 0.717) is 52.7 Å². The van der Waals surface area contributed by atoms with Crippen LogP contribution in [0.5, 0.6) is 11.8 Å². The quantitative estimate of drug-likeness (QED) is 0.443. The molecule has 1 fully saturated rings. The Morgan fingerprint density at radius 1 is 1.16 bits per heavy atom. The van der Waals surface area contributed by atoms with Crippen molar-refractivity contribution in [2.24, 2.45) is 5.73 Å². The Bertz CT molecular complexity index is 1300. The smallest absolute Gasteiger partial charge is 0.326 e. The fourth-order valence-electron chi connectivity index (χ4n) is 3.98. The average Bonchev–Trinajstić information content (AvgIpc) is 3.17. The van der Waals surface area contributed by atoms with Gasteiger partial charge in [0.05, 0.1) is 34.4 Å². The van der Waals surface area contributed by atoms with Gasteiger partial charge in [-0.05, 0) is 19.8 Å². The molecule has 1 saturated heterocycles. The standard InChI is InChI=1S/C21H22F2N8O/c1-10-26-8-12(9-27-10)32-21-29-19-16(20(30-21)31-5-3-11(24)4-6-31)15-17(23)13(22)7-14(25-2)18(15)28-19/h7-9,11,25H,3-6,24H2,1-2H3,(H,28,29,30). The first kappa shape index (κ1) is 20.3. The highest BCUT2D eigenvalue weighted by Gasteiger charge is 2.26. The number of ether oxygens (including phenoxy) is 1. The number of halogens is 2. The van der Waals surface area contributed by atoms with Crippen molar-refractivity contribution in [3.05, 3.63) is 35.9 Å². The van der Waals surface area contributed by atoms with Crippen molar-refractivity contribution in [3.63, 3.8) is 0 Å². The summed E-state index contributed by atoms with van der Waals surface area (Å²) in [5, 5.41) is 3.40. The second-order valence-corrected chi connectivity index (χ2v) is 7.79. The topological polar surface area (TPSA) is 118 Å². The van der Waals surface area contributed by atoms with Crippen LogP contribution in [0, 0.1) is 18.6 Å². The van der Waals surface area contributed by atoms with Crippen molar-refractivity contribution in [2.75, 3.05) is 30.4 Å². The molecule has 9 nitrogen and oxygen atoms in total. The molecule has 1 aromatic carbocycles. The molecule has 0 atom stereocenters. The minimum atomic E-state index is -0.954. The van der Waals surface area contributed by atoms with Gasteiger partial charge in [0.2, 0.25) is 0 Å². The summed E-state index contributed by atoms with van der Waals surface area (Å²) in [4.78, 5) is 22.4. The zero-order valence-corrected chi connectivity index (χ0v) is 17.6. The van der Waals surface area contributed by atoms with E-state index in [1.807, 2.05) is 4.90 Å². The molecule has 4 N–H and O–H groups in total. The maximum atomic E-state index is 15.0. The minimum Gasteiger partial charge on any atom is -0.421 e. The summed E-state index contributed by atoms with van der Waals surface area (Å²) in [6.45, 7) is 3.02. The molecule has 3 aromatic heterocycles. The Kier molecular flexibility index (Phi) is 4.97. The number of nitrogens with one attached hydrogen (secondary N) is 2. The number of anilines is 2. The van der Waals surface area contributed by atoms with E-state index < -0.39 is 11.6 Å². The maximum Gasteiger partial charge on any atom is 0.326 e. The summed E-state index contributed by atoms with van der Waals surface area (Å²) in [7, 11) is 1.64. The third-order valence-electron chi connectivity index (χ3n) is 5.66. The van der Waals surface area contributed by atoms with Crippen LogP contribution in [-0.2, 0) is 0 Å². The average molecular weight is 440 g/mol. The van der Waals surface area contributed by atoms with Crippen LogP contribution in [0.25, 0.3) is 21.9 Å². The van der Waals surface area contributed by atoms with Crippen LogP contribution in [0.15, 0.2) is 18.5 Å². The third kappa shape index (κ3) is 3.44. The molecule has 0 spiro atoms. The molecule has 0 aliphatic carbocycles. The number of nitrogens with two attached hydrogens (primary N) is 1. The van der Waals surface area contributed by atoms with E-state index >= 15 is 4.39 Å². The van der Waals surface area contributed by atoms with Crippen molar-refractivity contribution in [1.82, 2.24) is 24.9 Å². The van der Waals surface area contributed by atoms with E-state index in [-0.39, 0.29) is 17.4 Å². The number of hydrogen-bond donors (Lipinski definition) is 3. The first-order valence-electron chi connectivity index (χ1n) is 10.3. The molecule has 5 rings (SSSR count). The van der Waals surface area contributed by atoms with Gasteiger partial charge in [-0.25, -0.2) is 18.7 Å². The van der Waals surface area contributed by atoms with Gasteiger partial charge < -0.3 is 25.7 Å². The summed E-state index contributed by atoms with van der Waals surface area (Å²) in [5.41, 5.74) is 7.22. The Morgan fingerprint density at radius 2 is 1.88 bits per heavy atom. The fourth-order valence-corrected chi connectivity index (χ4v) is 3.98. The molecular weight excluding hydrogens is 418 g/mol. The number of aryl methyl sites for hydroxylation is 1. The maximum absolute atomic E-state index is 15.0. The number of H-pyrrole nitrogens is 1. The van der Waals surface area contributed by atoms with Gasteiger partial charge in [-0.1, -0.05) is 0 Å². The van der Waals surface area contributed by atoms with Crippen molar-refractivity contribution in [1.29, 1.82) is 0 Å². The zero-order valence-electron chi connectivity index (χ0n) is 17.6. The molecule has 1 aliphatic heterocycles. The normalized spacial score (nSPS) is 15.0. The van der Waals surface area contributed by atoms with Crippen molar-refractivity contribution in [3.8, 4) is 11.8 Å². The van der Waals surface area contributed by atoms with Crippen LogP contribution in [0.4, 0.5) is 20.3 Å². The summed E-state index contributed by atoms with van der Waals surface area (Å²) in [6, 6.07) is 1.26. The second kappa shape index (κ2) is 7.83. The lowest BCUT2D eigenvalue weighted by atomic mass is 10.1. The van der Waals surface area contributed by atoms with Gasteiger partial charge in [0.25, 0.3) is 0 Å². The van der Waals surface area contributed by atoms with Crippen molar-refractivity contribution < 1.29 is 13.5 Å². The first-order valence-corrected chi connectivity index (χ1v) is 10.3. The van der Waals surface area contributed by atoms with Crippen LogP contribution < -0.4 is 20.7 Å². The van der Waals surface area contributed by atoms with Gasteiger partial charge >= 0.3 is 6.01 Å². The van der Waals surface area contributed by atoms with Gasteiger partial charge in [0, 0.05) is 32.2 Å². The monoisotopic (exact) mass is 440 g/mol. The Labute approximate surface area is 182 Å². The lowest BCUT2D eigenvalue weighted by Gasteiger charge is -2.31. The van der Waals surface area contributed by atoms with Crippen LogP contribution in [-0.4, -0.2) is 51.1 Å². The molecule has 32 heavy (non-hydrogen) atoms.